The van der Waals surface area contributed by atoms with E-state index in [-0.39, 0.29) is 5.56 Å². The maximum absolute atomic E-state index is 12.7. The molecule has 0 aromatic carbocycles. The fraction of sp³-hybridized carbons (Fsp3) is 0.444. The van der Waals surface area contributed by atoms with Crippen molar-refractivity contribution in [1.82, 2.24) is 14.7 Å². The molecule has 0 saturated heterocycles. The Morgan fingerprint density at radius 2 is 2.16 bits per heavy atom. The number of carbonyl (C=O) groups excluding carboxylic acids is 1. The van der Waals surface area contributed by atoms with Crippen LogP contribution in [-0.4, -0.2) is 31.9 Å². The van der Waals surface area contributed by atoms with Gasteiger partial charge < -0.3 is 10.4 Å². The first-order valence-corrected chi connectivity index (χ1v) is 8.35. The van der Waals surface area contributed by atoms with Gasteiger partial charge in [-0.1, -0.05) is 12.8 Å². The number of nitrogens with one attached hydrogen (secondary N) is 1. The number of aryl methyl sites for hydroxylation is 1. The van der Waals surface area contributed by atoms with Crippen LogP contribution in [0, 0.1) is 12.8 Å². The van der Waals surface area contributed by atoms with E-state index < -0.39 is 28.9 Å². The van der Waals surface area contributed by atoms with Gasteiger partial charge >= 0.3 is 5.97 Å². The quantitative estimate of drug-likeness (QED) is 0.884. The van der Waals surface area contributed by atoms with E-state index in [0.29, 0.717) is 18.5 Å². The average Bonchev–Trinajstić information content (AvgIpc) is 2.54. The van der Waals surface area contributed by atoms with Crippen LogP contribution in [0.1, 0.15) is 48.5 Å². The van der Waals surface area contributed by atoms with Crippen LogP contribution in [-0.2, 0) is 4.79 Å². The van der Waals surface area contributed by atoms with Crippen LogP contribution >= 0.6 is 0 Å². The van der Waals surface area contributed by atoms with Gasteiger partial charge in [0.2, 0.25) is 0 Å². The molecule has 2 N–H and O–H groups in total. The Kier molecular flexibility index (Phi) is 4.32. The second-order valence-electron chi connectivity index (χ2n) is 6.92. The van der Waals surface area contributed by atoms with Gasteiger partial charge in [0.1, 0.15) is 11.2 Å². The summed E-state index contributed by atoms with van der Waals surface area (Å²) in [5, 5.41) is 12.2. The highest BCUT2D eigenvalue weighted by atomic mass is 16.4. The number of carboxylic acid groups (broad SMARTS) is 1. The molecule has 1 aliphatic rings. The van der Waals surface area contributed by atoms with Crippen molar-refractivity contribution in [3.05, 3.63) is 46.0 Å². The minimum atomic E-state index is -0.925. The molecule has 0 aliphatic heterocycles. The van der Waals surface area contributed by atoms with Crippen LogP contribution in [0.15, 0.2) is 29.3 Å². The molecule has 132 valence electrons. The van der Waals surface area contributed by atoms with E-state index >= 15 is 0 Å². The molecule has 0 spiro atoms. The number of aliphatic carboxylic acids is 1. The van der Waals surface area contributed by atoms with E-state index in [0.717, 1.165) is 18.4 Å². The molecule has 2 atom stereocenters. The Balaban J connectivity index is 1.94. The molecule has 2 aromatic heterocycles. The fourth-order valence-electron chi connectivity index (χ4n) is 3.54. The van der Waals surface area contributed by atoms with Crippen LogP contribution in [0.2, 0.25) is 0 Å². The molecule has 25 heavy (non-hydrogen) atoms. The molecule has 0 radical (unpaired) electrons. The number of carboxylic acids is 1. The number of nitrogens with zero attached hydrogens (tertiary/aromatic N) is 2. The Labute approximate surface area is 144 Å². The Morgan fingerprint density at radius 3 is 2.88 bits per heavy atom. The van der Waals surface area contributed by atoms with Crippen molar-refractivity contribution >= 4 is 17.5 Å². The van der Waals surface area contributed by atoms with Gasteiger partial charge in [0.25, 0.3) is 11.5 Å². The summed E-state index contributed by atoms with van der Waals surface area (Å²) < 4.78 is 1.32. The van der Waals surface area contributed by atoms with Crippen LogP contribution < -0.4 is 10.9 Å². The second kappa shape index (κ2) is 6.31. The van der Waals surface area contributed by atoms with Gasteiger partial charge in [0.15, 0.2) is 0 Å². The number of hydrogen-bond donors (Lipinski definition) is 2. The standard InChI is InChI=1S/C18H21N3O4/c1-11-6-8-21-14(9-11)19-10-12(16(21)23)15(22)20-18(2)7-4-3-5-13(18)17(24)25/h6,8-10,13H,3-5,7H2,1-2H3,(H,20,22)(H,24,25). The zero-order chi connectivity index (χ0) is 18.2. The first-order valence-electron chi connectivity index (χ1n) is 8.35. The van der Waals surface area contributed by atoms with Gasteiger partial charge in [0.05, 0.1) is 11.5 Å². The molecule has 1 amide bonds. The summed E-state index contributed by atoms with van der Waals surface area (Å²) in [6.45, 7) is 3.63. The van der Waals surface area contributed by atoms with E-state index in [2.05, 4.69) is 10.3 Å². The highest BCUT2D eigenvalue weighted by molar-refractivity contribution is 5.94. The number of amides is 1. The van der Waals surface area contributed by atoms with Gasteiger partial charge in [-0.3, -0.25) is 18.8 Å². The molecular formula is C18H21N3O4. The number of fused-ring (bicyclic) bond motifs is 1. The molecule has 2 heterocycles. The summed E-state index contributed by atoms with van der Waals surface area (Å²) in [5.41, 5.74) is 0.00331. The third-order valence-electron chi connectivity index (χ3n) is 5.02. The number of rotatable bonds is 3. The fourth-order valence-corrected chi connectivity index (χ4v) is 3.54. The van der Waals surface area contributed by atoms with Crippen LogP contribution in [0.25, 0.3) is 5.65 Å². The SMILES string of the molecule is Cc1ccn2c(=O)c(C(=O)NC3(C)CCCCC3C(=O)O)cnc2c1. The molecule has 3 rings (SSSR count). The Hall–Kier alpha value is -2.70. The summed E-state index contributed by atoms with van der Waals surface area (Å²) in [4.78, 5) is 41.0. The zero-order valence-electron chi connectivity index (χ0n) is 14.3. The van der Waals surface area contributed by atoms with E-state index in [1.165, 1.54) is 10.6 Å². The molecule has 7 nitrogen and oxygen atoms in total. The minimum Gasteiger partial charge on any atom is -0.481 e. The summed E-state index contributed by atoms with van der Waals surface area (Å²) >= 11 is 0. The predicted molar refractivity (Wildman–Crippen MR) is 91.7 cm³/mol. The van der Waals surface area contributed by atoms with E-state index in [9.17, 15) is 19.5 Å². The van der Waals surface area contributed by atoms with Crippen molar-refractivity contribution in [2.45, 2.75) is 45.1 Å². The maximum atomic E-state index is 12.7. The number of hydrogen-bond acceptors (Lipinski definition) is 4. The van der Waals surface area contributed by atoms with Gasteiger partial charge in [-0.25, -0.2) is 4.98 Å². The lowest BCUT2D eigenvalue weighted by atomic mass is 9.74. The molecule has 1 aliphatic carbocycles. The van der Waals surface area contributed by atoms with Crippen molar-refractivity contribution < 1.29 is 14.7 Å². The monoisotopic (exact) mass is 343 g/mol. The molecular weight excluding hydrogens is 322 g/mol. The second-order valence-corrected chi connectivity index (χ2v) is 6.92. The maximum Gasteiger partial charge on any atom is 0.308 e. The van der Waals surface area contributed by atoms with Gasteiger partial charge in [0, 0.05) is 12.4 Å². The van der Waals surface area contributed by atoms with Crippen LogP contribution in [0.4, 0.5) is 0 Å². The summed E-state index contributed by atoms with van der Waals surface area (Å²) in [7, 11) is 0. The highest BCUT2D eigenvalue weighted by Crippen LogP contribution is 2.34. The van der Waals surface area contributed by atoms with E-state index in [4.69, 9.17) is 0 Å². The number of aromatic nitrogens is 2. The minimum absolute atomic E-state index is 0.0858. The summed E-state index contributed by atoms with van der Waals surface area (Å²) in [5.74, 6) is -2.17. The largest absolute Gasteiger partial charge is 0.481 e. The third kappa shape index (κ3) is 3.14. The first kappa shape index (κ1) is 17.1. The van der Waals surface area contributed by atoms with Gasteiger partial charge in [-0.15, -0.1) is 0 Å². The Morgan fingerprint density at radius 1 is 1.40 bits per heavy atom. The van der Waals surface area contributed by atoms with Crippen LogP contribution in [0.5, 0.6) is 0 Å². The lowest BCUT2D eigenvalue weighted by Gasteiger charge is -2.39. The van der Waals surface area contributed by atoms with Gasteiger partial charge in [-0.05, 0) is 44.4 Å². The summed E-state index contributed by atoms with van der Waals surface area (Å²) in [6, 6.07) is 3.52. The first-order chi connectivity index (χ1) is 11.8. The van der Waals surface area contributed by atoms with E-state index in [1.807, 2.05) is 6.92 Å². The van der Waals surface area contributed by atoms with Crippen LogP contribution in [0.3, 0.4) is 0 Å². The van der Waals surface area contributed by atoms with Crippen molar-refractivity contribution in [3.8, 4) is 0 Å². The van der Waals surface area contributed by atoms with Crippen molar-refractivity contribution in [2.24, 2.45) is 5.92 Å². The zero-order valence-corrected chi connectivity index (χ0v) is 14.3. The van der Waals surface area contributed by atoms with Gasteiger partial charge in [-0.2, -0.15) is 0 Å². The number of carbonyl (C=O) groups is 2. The Bertz CT molecular complexity index is 905. The normalized spacial score (nSPS) is 23.4. The lowest BCUT2D eigenvalue weighted by Crippen LogP contribution is -2.56. The van der Waals surface area contributed by atoms with Crippen molar-refractivity contribution in [1.29, 1.82) is 0 Å². The smallest absolute Gasteiger partial charge is 0.308 e. The van der Waals surface area contributed by atoms with Crippen molar-refractivity contribution in [2.75, 3.05) is 0 Å². The van der Waals surface area contributed by atoms with E-state index in [1.54, 1.807) is 25.3 Å². The lowest BCUT2D eigenvalue weighted by molar-refractivity contribution is -0.145. The molecule has 7 heteroatoms. The molecule has 2 unspecified atom stereocenters. The molecule has 0 bridgehead atoms. The summed E-state index contributed by atoms with van der Waals surface area (Å²) in [6.07, 6.45) is 5.59. The average molecular weight is 343 g/mol. The highest BCUT2D eigenvalue weighted by Gasteiger charge is 2.42. The number of pyridine rings is 1. The van der Waals surface area contributed by atoms with Crippen molar-refractivity contribution in [3.63, 3.8) is 0 Å². The topological polar surface area (TPSA) is 101 Å². The predicted octanol–water partition coefficient (Wildman–Crippen LogP) is 1.77. The third-order valence-corrected chi connectivity index (χ3v) is 5.02. The molecule has 1 saturated carbocycles. The molecule has 1 fully saturated rings. The molecule has 2 aromatic rings.